The van der Waals surface area contributed by atoms with E-state index in [9.17, 15) is 22.8 Å². The van der Waals surface area contributed by atoms with Gasteiger partial charge in [0.25, 0.3) is 0 Å². The maximum Gasteiger partial charge on any atom is 0.307 e. The van der Waals surface area contributed by atoms with E-state index < -0.39 is 10.0 Å². The second-order valence-electron chi connectivity index (χ2n) is 8.16. The van der Waals surface area contributed by atoms with Crippen molar-refractivity contribution in [2.75, 3.05) is 46.4 Å². The number of carbonyl (C=O) groups excluding carboxylic acids is 3. The average Bonchev–Trinajstić information content (AvgIpc) is 2.80. The van der Waals surface area contributed by atoms with Gasteiger partial charge in [-0.1, -0.05) is 32.0 Å². The van der Waals surface area contributed by atoms with Gasteiger partial charge in [0.05, 0.1) is 18.4 Å². The number of rotatable bonds is 10. The molecule has 0 bridgehead atoms. The van der Waals surface area contributed by atoms with E-state index in [0.717, 1.165) is 0 Å². The van der Waals surface area contributed by atoms with E-state index in [4.69, 9.17) is 0 Å². The van der Waals surface area contributed by atoms with Crippen molar-refractivity contribution in [3.63, 3.8) is 0 Å². The molecule has 1 fully saturated rings. The summed E-state index contributed by atoms with van der Waals surface area (Å²) in [7, 11) is -2.27. The number of amides is 2. The molecular formula is C22H33N3O6S. The van der Waals surface area contributed by atoms with Gasteiger partial charge in [-0.25, -0.2) is 8.42 Å². The topological polar surface area (TPSA) is 104 Å². The predicted molar refractivity (Wildman–Crippen MR) is 119 cm³/mol. The number of ether oxygens (including phenoxy) is 1. The van der Waals surface area contributed by atoms with Crippen LogP contribution >= 0.6 is 0 Å². The molecule has 0 aromatic heterocycles. The van der Waals surface area contributed by atoms with Crippen molar-refractivity contribution in [1.29, 1.82) is 0 Å². The van der Waals surface area contributed by atoms with E-state index >= 15 is 0 Å². The van der Waals surface area contributed by atoms with Crippen LogP contribution in [0.1, 0.15) is 33.1 Å². The Morgan fingerprint density at radius 3 is 2.19 bits per heavy atom. The lowest BCUT2D eigenvalue weighted by atomic mass is 10.1. The smallest absolute Gasteiger partial charge is 0.307 e. The summed E-state index contributed by atoms with van der Waals surface area (Å²) in [6.07, 6.45) is 0.215. The van der Waals surface area contributed by atoms with Gasteiger partial charge in [0.15, 0.2) is 0 Å². The van der Waals surface area contributed by atoms with Gasteiger partial charge in [0.1, 0.15) is 0 Å². The van der Waals surface area contributed by atoms with Crippen molar-refractivity contribution in [1.82, 2.24) is 14.1 Å². The third kappa shape index (κ3) is 7.30. The first kappa shape index (κ1) is 25.8. The summed E-state index contributed by atoms with van der Waals surface area (Å²) < 4.78 is 31.4. The van der Waals surface area contributed by atoms with Crippen LogP contribution in [-0.4, -0.2) is 86.7 Å². The molecule has 1 aromatic rings. The van der Waals surface area contributed by atoms with Crippen molar-refractivity contribution < 1.29 is 27.5 Å². The highest BCUT2D eigenvalue weighted by Gasteiger charge is 2.30. The second kappa shape index (κ2) is 12.0. The largest absolute Gasteiger partial charge is 0.469 e. The Labute approximate surface area is 190 Å². The van der Waals surface area contributed by atoms with Gasteiger partial charge >= 0.3 is 5.97 Å². The minimum atomic E-state index is -3.58. The fourth-order valence-corrected chi connectivity index (χ4v) is 4.98. The summed E-state index contributed by atoms with van der Waals surface area (Å²) >= 11 is 0. The van der Waals surface area contributed by atoms with E-state index in [0.29, 0.717) is 6.54 Å². The highest BCUT2D eigenvalue weighted by atomic mass is 32.2. The molecule has 2 rings (SSSR count). The molecule has 1 aliphatic heterocycles. The van der Waals surface area contributed by atoms with E-state index in [1.54, 1.807) is 40.1 Å². The zero-order valence-electron chi connectivity index (χ0n) is 19.0. The van der Waals surface area contributed by atoms with Crippen LogP contribution in [0.15, 0.2) is 35.2 Å². The minimum Gasteiger partial charge on any atom is -0.469 e. The van der Waals surface area contributed by atoms with Crippen molar-refractivity contribution in [2.45, 2.75) is 38.0 Å². The van der Waals surface area contributed by atoms with E-state index in [-0.39, 0.29) is 80.6 Å². The van der Waals surface area contributed by atoms with Crippen molar-refractivity contribution >= 4 is 27.8 Å². The molecular weight excluding hydrogens is 434 g/mol. The monoisotopic (exact) mass is 467 g/mol. The molecule has 178 valence electrons. The Kier molecular flexibility index (Phi) is 9.64. The molecule has 1 heterocycles. The third-order valence-corrected chi connectivity index (χ3v) is 7.19. The van der Waals surface area contributed by atoms with Crippen LogP contribution in [0.25, 0.3) is 0 Å². The summed E-state index contributed by atoms with van der Waals surface area (Å²) in [6.45, 7) is 5.73. The number of hydrogen-bond acceptors (Lipinski definition) is 6. The lowest BCUT2D eigenvalue weighted by Gasteiger charge is -2.34. The van der Waals surface area contributed by atoms with Gasteiger partial charge in [-0.05, 0) is 18.1 Å². The Morgan fingerprint density at radius 1 is 1.00 bits per heavy atom. The highest BCUT2D eigenvalue weighted by molar-refractivity contribution is 7.89. The third-order valence-electron chi connectivity index (χ3n) is 5.28. The maximum atomic E-state index is 12.7. The number of methoxy groups -OCH3 is 1. The van der Waals surface area contributed by atoms with Crippen molar-refractivity contribution in [3.05, 3.63) is 30.3 Å². The van der Waals surface area contributed by atoms with Gasteiger partial charge in [-0.3, -0.25) is 14.4 Å². The maximum absolute atomic E-state index is 12.7. The van der Waals surface area contributed by atoms with Gasteiger partial charge in [-0.15, -0.1) is 0 Å². The number of carbonyl (C=O) groups is 3. The molecule has 0 atom stereocenters. The molecule has 0 radical (unpaired) electrons. The minimum absolute atomic E-state index is 0.0508. The van der Waals surface area contributed by atoms with Crippen LogP contribution in [-0.2, 0) is 29.1 Å². The van der Waals surface area contributed by atoms with E-state index in [1.165, 1.54) is 11.4 Å². The zero-order chi connectivity index (χ0) is 23.7. The number of hydrogen-bond donors (Lipinski definition) is 0. The summed E-state index contributed by atoms with van der Waals surface area (Å²) in [5.41, 5.74) is 0. The summed E-state index contributed by atoms with van der Waals surface area (Å²) in [4.78, 5) is 40.1. The molecule has 0 saturated carbocycles. The first-order valence-corrected chi connectivity index (χ1v) is 12.3. The molecule has 1 saturated heterocycles. The second-order valence-corrected chi connectivity index (χ2v) is 10.1. The molecule has 9 nitrogen and oxygen atoms in total. The first-order chi connectivity index (χ1) is 15.1. The average molecular weight is 468 g/mol. The van der Waals surface area contributed by atoms with Crippen molar-refractivity contribution in [3.8, 4) is 0 Å². The molecule has 0 N–H and O–H groups in total. The number of nitrogens with zero attached hydrogens (tertiary/aromatic N) is 3. The van der Waals surface area contributed by atoms with Crippen LogP contribution < -0.4 is 0 Å². The number of esters is 1. The van der Waals surface area contributed by atoms with Gasteiger partial charge in [0, 0.05) is 52.1 Å². The number of sulfonamides is 1. The molecule has 1 aliphatic rings. The predicted octanol–water partition coefficient (Wildman–Crippen LogP) is 1.35. The Hall–Kier alpha value is -2.46. The SMILES string of the molecule is COC(=O)CCN(CC(C)C)C(=O)CCC(=O)N1CCN(S(=O)(=O)c2ccccc2)CC1. The fourth-order valence-electron chi connectivity index (χ4n) is 3.54. The van der Waals surface area contributed by atoms with E-state index in [2.05, 4.69) is 4.74 Å². The molecule has 2 amide bonds. The quantitative estimate of drug-likeness (QED) is 0.481. The van der Waals surface area contributed by atoms with Crippen LogP contribution in [0.3, 0.4) is 0 Å². The zero-order valence-corrected chi connectivity index (χ0v) is 19.8. The van der Waals surface area contributed by atoms with Crippen LogP contribution in [0.4, 0.5) is 0 Å². The molecule has 0 spiro atoms. The number of piperazine rings is 1. The Bertz CT molecular complexity index is 880. The fraction of sp³-hybridized carbons (Fsp3) is 0.591. The number of benzene rings is 1. The molecule has 0 unspecified atom stereocenters. The molecule has 32 heavy (non-hydrogen) atoms. The summed E-state index contributed by atoms with van der Waals surface area (Å²) in [6, 6.07) is 8.23. The lowest BCUT2D eigenvalue weighted by Crippen LogP contribution is -2.50. The summed E-state index contributed by atoms with van der Waals surface area (Å²) in [5, 5.41) is 0. The summed E-state index contributed by atoms with van der Waals surface area (Å²) in [5.74, 6) is -0.508. The Balaban J connectivity index is 1.85. The van der Waals surface area contributed by atoms with Gasteiger partial charge < -0.3 is 14.5 Å². The molecule has 1 aromatic carbocycles. The van der Waals surface area contributed by atoms with Crippen LogP contribution in [0.5, 0.6) is 0 Å². The molecule has 0 aliphatic carbocycles. The van der Waals surface area contributed by atoms with Crippen LogP contribution in [0, 0.1) is 5.92 Å². The van der Waals surface area contributed by atoms with Gasteiger partial charge in [0.2, 0.25) is 21.8 Å². The van der Waals surface area contributed by atoms with Gasteiger partial charge in [-0.2, -0.15) is 4.31 Å². The molecule has 10 heteroatoms. The van der Waals surface area contributed by atoms with Crippen LogP contribution in [0.2, 0.25) is 0 Å². The van der Waals surface area contributed by atoms with E-state index in [1.807, 2.05) is 13.8 Å². The lowest BCUT2D eigenvalue weighted by molar-refractivity contribution is -0.142. The Morgan fingerprint density at radius 2 is 1.62 bits per heavy atom. The first-order valence-electron chi connectivity index (χ1n) is 10.8. The normalized spacial score (nSPS) is 14.9. The standard InChI is InChI=1S/C22H33N3O6S/c1-18(2)17-24(12-11-22(28)31-3)21(27)10-9-20(26)23-13-15-25(16-14-23)32(29,30)19-7-5-4-6-8-19/h4-8,18H,9-17H2,1-3H3. The highest BCUT2D eigenvalue weighted by Crippen LogP contribution is 2.18. The van der Waals surface area contributed by atoms with Crippen molar-refractivity contribution in [2.24, 2.45) is 5.92 Å².